The Labute approximate surface area is 144 Å². The molecule has 2 N–H and O–H groups in total. The second kappa shape index (κ2) is 7.42. The maximum atomic E-state index is 9.67. The van der Waals surface area contributed by atoms with E-state index in [0.717, 1.165) is 62.4 Å². The molecule has 5 nitrogen and oxygen atoms in total. The van der Waals surface area contributed by atoms with Gasteiger partial charge in [-0.15, -0.1) is 0 Å². The van der Waals surface area contributed by atoms with Gasteiger partial charge in [0.05, 0.1) is 17.4 Å². The summed E-state index contributed by atoms with van der Waals surface area (Å²) in [7, 11) is 2.17. The van der Waals surface area contributed by atoms with E-state index >= 15 is 0 Å². The first-order chi connectivity index (χ1) is 11.6. The highest BCUT2D eigenvalue weighted by Gasteiger charge is 2.24. The molecule has 0 aliphatic carbocycles. The largest absolute Gasteiger partial charge is 0.393 e. The van der Waals surface area contributed by atoms with Crippen molar-refractivity contribution in [2.24, 2.45) is 5.92 Å². The zero-order chi connectivity index (χ0) is 17.1. The van der Waals surface area contributed by atoms with Crippen molar-refractivity contribution in [3.63, 3.8) is 0 Å². The average Bonchev–Trinajstić information content (AvgIpc) is 2.58. The van der Waals surface area contributed by atoms with E-state index in [1.54, 1.807) is 0 Å². The fraction of sp³-hybridized carbons (Fsp3) is 0.632. The highest BCUT2D eigenvalue weighted by atomic mass is 16.3. The van der Waals surface area contributed by atoms with E-state index in [1.165, 1.54) is 0 Å². The SMILES string of the molecule is CC1CN(C)CCC1Nc1ccc(N2CCC(O)CC2)c(C#N)c1. The predicted molar refractivity (Wildman–Crippen MR) is 97.3 cm³/mol. The van der Waals surface area contributed by atoms with Crippen LogP contribution in [0.1, 0.15) is 31.7 Å². The van der Waals surface area contributed by atoms with Gasteiger partial charge in [-0.2, -0.15) is 5.26 Å². The monoisotopic (exact) mass is 328 g/mol. The molecule has 0 bridgehead atoms. The number of piperidine rings is 2. The van der Waals surface area contributed by atoms with Crippen molar-refractivity contribution in [1.82, 2.24) is 4.90 Å². The highest BCUT2D eigenvalue weighted by molar-refractivity contribution is 5.65. The van der Waals surface area contributed by atoms with Crippen molar-refractivity contribution in [1.29, 1.82) is 5.26 Å². The molecule has 2 saturated heterocycles. The molecule has 130 valence electrons. The molecule has 0 saturated carbocycles. The maximum absolute atomic E-state index is 9.67. The first-order valence-electron chi connectivity index (χ1n) is 8.99. The van der Waals surface area contributed by atoms with E-state index in [9.17, 15) is 10.4 Å². The number of hydrogen-bond acceptors (Lipinski definition) is 5. The number of likely N-dealkylation sites (tertiary alicyclic amines) is 1. The molecule has 2 heterocycles. The van der Waals surface area contributed by atoms with Gasteiger partial charge in [0.1, 0.15) is 6.07 Å². The van der Waals surface area contributed by atoms with Crippen molar-refractivity contribution in [2.75, 3.05) is 43.4 Å². The minimum Gasteiger partial charge on any atom is -0.393 e. The lowest BCUT2D eigenvalue weighted by molar-refractivity contribution is 0.145. The van der Waals surface area contributed by atoms with Crippen LogP contribution in [0.15, 0.2) is 18.2 Å². The molecule has 2 aliphatic heterocycles. The zero-order valence-electron chi connectivity index (χ0n) is 14.7. The summed E-state index contributed by atoms with van der Waals surface area (Å²) in [5, 5.41) is 22.8. The maximum Gasteiger partial charge on any atom is 0.101 e. The van der Waals surface area contributed by atoms with Gasteiger partial charge >= 0.3 is 0 Å². The summed E-state index contributed by atoms with van der Waals surface area (Å²) in [6.07, 6.45) is 2.49. The number of anilines is 2. The topological polar surface area (TPSA) is 62.5 Å². The average molecular weight is 328 g/mol. The number of benzene rings is 1. The molecular weight excluding hydrogens is 300 g/mol. The van der Waals surface area contributed by atoms with Crippen molar-refractivity contribution < 1.29 is 5.11 Å². The first kappa shape index (κ1) is 17.1. The fourth-order valence-corrected chi connectivity index (χ4v) is 3.88. The van der Waals surface area contributed by atoms with E-state index in [4.69, 9.17) is 0 Å². The second-order valence-electron chi connectivity index (χ2n) is 7.34. The molecule has 0 amide bonds. The summed E-state index contributed by atoms with van der Waals surface area (Å²) in [5.41, 5.74) is 2.75. The molecule has 2 fully saturated rings. The van der Waals surface area contributed by atoms with Crippen LogP contribution in [0.2, 0.25) is 0 Å². The Bertz CT molecular complexity index is 604. The number of rotatable bonds is 3. The normalized spacial score (nSPS) is 26.2. The lowest BCUT2D eigenvalue weighted by atomic mass is 9.94. The summed E-state index contributed by atoms with van der Waals surface area (Å²) in [5.74, 6) is 0.595. The van der Waals surface area contributed by atoms with Crippen LogP contribution < -0.4 is 10.2 Å². The highest BCUT2D eigenvalue weighted by Crippen LogP contribution is 2.28. The van der Waals surface area contributed by atoms with Gasteiger partial charge in [-0.05, 0) is 57.0 Å². The minimum absolute atomic E-state index is 0.196. The fourth-order valence-electron chi connectivity index (χ4n) is 3.88. The molecule has 1 aromatic rings. The van der Waals surface area contributed by atoms with Crippen LogP contribution >= 0.6 is 0 Å². The summed E-state index contributed by atoms with van der Waals surface area (Å²) >= 11 is 0. The Morgan fingerprint density at radius 1 is 1.21 bits per heavy atom. The molecule has 0 radical (unpaired) electrons. The van der Waals surface area contributed by atoms with Crippen molar-refractivity contribution in [2.45, 2.75) is 38.3 Å². The standard InChI is InChI=1S/C19H28N4O/c1-14-13-22(2)8-7-18(14)21-16-3-4-19(15(11-16)12-20)23-9-5-17(24)6-10-23/h3-4,11,14,17-18,21,24H,5-10,13H2,1-2H3. The molecular formula is C19H28N4O. The Morgan fingerprint density at radius 3 is 2.62 bits per heavy atom. The number of aliphatic hydroxyl groups is 1. The van der Waals surface area contributed by atoms with Gasteiger partial charge in [0.25, 0.3) is 0 Å². The number of nitriles is 1. The summed E-state index contributed by atoms with van der Waals surface area (Å²) in [4.78, 5) is 4.59. The Kier molecular flexibility index (Phi) is 5.27. The van der Waals surface area contributed by atoms with Crippen LogP contribution in [-0.4, -0.2) is 55.4 Å². The third-order valence-corrected chi connectivity index (χ3v) is 5.38. The summed E-state index contributed by atoms with van der Waals surface area (Å²) in [6, 6.07) is 8.93. The predicted octanol–water partition coefficient (Wildman–Crippen LogP) is 2.27. The summed E-state index contributed by atoms with van der Waals surface area (Å²) < 4.78 is 0. The van der Waals surface area contributed by atoms with E-state index in [1.807, 2.05) is 6.07 Å². The van der Waals surface area contributed by atoms with Gasteiger partial charge in [-0.3, -0.25) is 0 Å². The Balaban J connectivity index is 1.71. The van der Waals surface area contributed by atoms with Gasteiger partial charge in [-0.1, -0.05) is 6.92 Å². The molecule has 0 aromatic heterocycles. The smallest absolute Gasteiger partial charge is 0.101 e. The zero-order valence-corrected chi connectivity index (χ0v) is 14.7. The van der Waals surface area contributed by atoms with Crippen LogP contribution in [0.25, 0.3) is 0 Å². The quantitative estimate of drug-likeness (QED) is 0.891. The van der Waals surface area contributed by atoms with E-state index in [0.29, 0.717) is 12.0 Å². The van der Waals surface area contributed by atoms with Gasteiger partial charge in [0, 0.05) is 31.4 Å². The first-order valence-corrected chi connectivity index (χ1v) is 8.99. The molecule has 2 aliphatic rings. The minimum atomic E-state index is -0.196. The Hall–Kier alpha value is -1.77. The second-order valence-corrected chi connectivity index (χ2v) is 7.34. The number of nitrogens with one attached hydrogen (secondary N) is 1. The molecule has 5 heteroatoms. The molecule has 3 rings (SSSR count). The van der Waals surface area contributed by atoms with E-state index in [-0.39, 0.29) is 6.10 Å². The van der Waals surface area contributed by atoms with Crippen LogP contribution in [0, 0.1) is 17.2 Å². The van der Waals surface area contributed by atoms with Gasteiger partial charge in [0.15, 0.2) is 0 Å². The molecule has 2 unspecified atom stereocenters. The van der Waals surface area contributed by atoms with Gasteiger partial charge < -0.3 is 20.2 Å². The van der Waals surface area contributed by atoms with E-state index < -0.39 is 0 Å². The number of aliphatic hydroxyl groups excluding tert-OH is 1. The third-order valence-electron chi connectivity index (χ3n) is 5.38. The molecule has 24 heavy (non-hydrogen) atoms. The Morgan fingerprint density at radius 2 is 1.96 bits per heavy atom. The van der Waals surface area contributed by atoms with Gasteiger partial charge in [-0.25, -0.2) is 0 Å². The van der Waals surface area contributed by atoms with Gasteiger partial charge in [0.2, 0.25) is 0 Å². The van der Waals surface area contributed by atoms with E-state index in [2.05, 4.69) is 47.3 Å². The lowest BCUT2D eigenvalue weighted by Gasteiger charge is -2.36. The molecule has 2 atom stereocenters. The van der Waals surface area contributed by atoms with Crippen LogP contribution in [0.5, 0.6) is 0 Å². The van der Waals surface area contributed by atoms with Crippen molar-refractivity contribution >= 4 is 11.4 Å². The van der Waals surface area contributed by atoms with Crippen LogP contribution in [0.4, 0.5) is 11.4 Å². The lowest BCUT2D eigenvalue weighted by Crippen LogP contribution is -2.43. The number of nitrogens with zero attached hydrogens (tertiary/aromatic N) is 3. The molecule has 0 spiro atoms. The third kappa shape index (κ3) is 3.82. The summed E-state index contributed by atoms with van der Waals surface area (Å²) in [6.45, 7) is 6.13. The molecule has 1 aromatic carbocycles. The van der Waals surface area contributed by atoms with Crippen molar-refractivity contribution in [3.05, 3.63) is 23.8 Å². The number of hydrogen-bond donors (Lipinski definition) is 2. The van der Waals surface area contributed by atoms with Crippen LogP contribution in [0.3, 0.4) is 0 Å². The van der Waals surface area contributed by atoms with Crippen LogP contribution in [-0.2, 0) is 0 Å². The van der Waals surface area contributed by atoms with Crippen molar-refractivity contribution in [3.8, 4) is 6.07 Å².